The van der Waals surface area contributed by atoms with Gasteiger partial charge in [-0.05, 0) is 24.7 Å². The first-order valence-electron chi connectivity index (χ1n) is 6.20. The molecular formula is C13H14N6. The quantitative estimate of drug-likeness (QED) is 0.760. The molecule has 0 aliphatic rings. The Morgan fingerprint density at radius 1 is 1.16 bits per heavy atom. The van der Waals surface area contributed by atoms with Gasteiger partial charge in [0.25, 0.3) is 0 Å². The average molecular weight is 254 g/mol. The number of aromatic nitrogens is 5. The second-order valence-corrected chi connectivity index (χ2v) is 4.15. The van der Waals surface area contributed by atoms with Crippen LogP contribution in [-0.4, -0.2) is 31.5 Å². The maximum absolute atomic E-state index is 4.30. The van der Waals surface area contributed by atoms with Crippen molar-refractivity contribution in [3.05, 3.63) is 42.5 Å². The van der Waals surface area contributed by atoms with Gasteiger partial charge in [-0.15, -0.1) is 5.10 Å². The van der Waals surface area contributed by atoms with E-state index in [-0.39, 0.29) is 0 Å². The van der Waals surface area contributed by atoms with Crippen LogP contribution >= 0.6 is 0 Å². The van der Waals surface area contributed by atoms with Gasteiger partial charge in [-0.3, -0.25) is 9.97 Å². The van der Waals surface area contributed by atoms with Gasteiger partial charge in [0.05, 0.1) is 28.6 Å². The van der Waals surface area contributed by atoms with Gasteiger partial charge in [-0.1, -0.05) is 12.1 Å². The fraction of sp³-hybridized carbons (Fsp3) is 0.231. The first-order chi connectivity index (χ1) is 9.38. The van der Waals surface area contributed by atoms with Gasteiger partial charge in [0, 0.05) is 18.9 Å². The third kappa shape index (κ3) is 2.30. The van der Waals surface area contributed by atoms with Crippen molar-refractivity contribution in [3.63, 3.8) is 0 Å². The number of benzene rings is 1. The predicted molar refractivity (Wildman–Crippen MR) is 71.8 cm³/mol. The summed E-state index contributed by atoms with van der Waals surface area (Å²) in [5.74, 6) is 0. The van der Waals surface area contributed by atoms with E-state index in [4.69, 9.17) is 0 Å². The Morgan fingerprint density at radius 2 is 2.00 bits per heavy atom. The van der Waals surface area contributed by atoms with Crippen molar-refractivity contribution in [3.8, 4) is 5.69 Å². The van der Waals surface area contributed by atoms with Crippen LogP contribution in [0.4, 0.5) is 0 Å². The van der Waals surface area contributed by atoms with Crippen LogP contribution in [0.3, 0.4) is 0 Å². The van der Waals surface area contributed by atoms with Crippen molar-refractivity contribution in [1.29, 1.82) is 0 Å². The molecule has 6 nitrogen and oxygen atoms in total. The molecule has 1 aromatic carbocycles. The number of nitrogens with one attached hydrogen (secondary N) is 1. The molecule has 0 saturated heterocycles. The summed E-state index contributed by atoms with van der Waals surface area (Å²) in [4.78, 5) is 8.56. The Balaban J connectivity index is 2.01. The lowest BCUT2D eigenvalue weighted by Crippen LogP contribution is -2.15. The molecule has 96 valence electrons. The van der Waals surface area contributed by atoms with Gasteiger partial charge in [-0.2, -0.15) is 0 Å². The highest BCUT2D eigenvalue weighted by molar-refractivity contribution is 5.76. The van der Waals surface area contributed by atoms with Crippen molar-refractivity contribution in [2.75, 3.05) is 6.54 Å². The SMILES string of the molecule is CCNCc1cnnn1-c1ccc2nccnc2c1. The average Bonchev–Trinajstić information content (AvgIpc) is 2.93. The summed E-state index contributed by atoms with van der Waals surface area (Å²) in [6.07, 6.45) is 5.14. The van der Waals surface area contributed by atoms with E-state index in [1.807, 2.05) is 22.9 Å². The van der Waals surface area contributed by atoms with E-state index in [1.165, 1.54) is 0 Å². The Morgan fingerprint density at radius 3 is 2.84 bits per heavy atom. The Bertz CT molecular complexity index is 690. The second kappa shape index (κ2) is 5.11. The fourth-order valence-corrected chi connectivity index (χ4v) is 1.93. The van der Waals surface area contributed by atoms with Crippen LogP contribution in [-0.2, 0) is 6.54 Å². The van der Waals surface area contributed by atoms with Gasteiger partial charge < -0.3 is 5.32 Å². The van der Waals surface area contributed by atoms with Gasteiger partial charge in [-0.25, -0.2) is 4.68 Å². The molecule has 0 unspecified atom stereocenters. The molecule has 0 saturated carbocycles. The molecule has 0 aliphatic heterocycles. The minimum atomic E-state index is 0.738. The highest BCUT2D eigenvalue weighted by Gasteiger charge is 2.07. The highest BCUT2D eigenvalue weighted by atomic mass is 15.4. The molecule has 0 spiro atoms. The molecule has 0 fully saturated rings. The van der Waals surface area contributed by atoms with E-state index in [9.17, 15) is 0 Å². The first-order valence-corrected chi connectivity index (χ1v) is 6.20. The Labute approximate surface area is 110 Å². The lowest BCUT2D eigenvalue weighted by molar-refractivity contribution is 0.672. The van der Waals surface area contributed by atoms with Crippen molar-refractivity contribution < 1.29 is 0 Å². The Kier molecular flexibility index (Phi) is 3.16. The molecular weight excluding hydrogens is 240 g/mol. The van der Waals surface area contributed by atoms with Gasteiger partial charge in [0.15, 0.2) is 0 Å². The minimum absolute atomic E-state index is 0.738. The highest BCUT2D eigenvalue weighted by Crippen LogP contribution is 2.15. The number of fused-ring (bicyclic) bond motifs is 1. The van der Waals surface area contributed by atoms with Crippen molar-refractivity contribution >= 4 is 11.0 Å². The van der Waals surface area contributed by atoms with E-state index in [0.29, 0.717) is 0 Å². The Hall–Kier alpha value is -2.34. The summed E-state index contributed by atoms with van der Waals surface area (Å²) < 4.78 is 1.82. The van der Waals surface area contributed by atoms with Crippen LogP contribution in [0, 0.1) is 0 Å². The van der Waals surface area contributed by atoms with Crippen molar-refractivity contribution in [1.82, 2.24) is 30.3 Å². The number of hydrogen-bond acceptors (Lipinski definition) is 5. The monoisotopic (exact) mass is 254 g/mol. The molecule has 0 bridgehead atoms. The second-order valence-electron chi connectivity index (χ2n) is 4.15. The van der Waals surface area contributed by atoms with Gasteiger partial charge in [0.1, 0.15) is 0 Å². The molecule has 0 atom stereocenters. The van der Waals surface area contributed by atoms with Crippen LogP contribution in [0.2, 0.25) is 0 Å². The lowest BCUT2D eigenvalue weighted by atomic mass is 10.2. The summed E-state index contributed by atoms with van der Waals surface area (Å²) >= 11 is 0. The molecule has 19 heavy (non-hydrogen) atoms. The van der Waals surface area contributed by atoms with E-state index < -0.39 is 0 Å². The van der Waals surface area contributed by atoms with Crippen LogP contribution in [0.25, 0.3) is 16.7 Å². The number of rotatable bonds is 4. The van der Waals surface area contributed by atoms with Crippen LogP contribution < -0.4 is 5.32 Å². The summed E-state index contributed by atoms with van der Waals surface area (Å²) in [6.45, 7) is 3.72. The third-order valence-corrected chi connectivity index (χ3v) is 2.87. The minimum Gasteiger partial charge on any atom is -0.311 e. The largest absolute Gasteiger partial charge is 0.311 e. The maximum Gasteiger partial charge on any atom is 0.0908 e. The molecule has 2 heterocycles. The summed E-state index contributed by atoms with van der Waals surface area (Å²) in [5.41, 5.74) is 3.69. The van der Waals surface area contributed by atoms with E-state index in [1.54, 1.807) is 18.6 Å². The van der Waals surface area contributed by atoms with Crippen molar-refractivity contribution in [2.24, 2.45) is 0 Å². The van der Waals surface area contributed by atoms with Gasteiger partial charge >= 0.3 is 0 Å². The van der Waals surface area contributed by atoms with Crippen LogP contribution in [0.1, 0.15) is 12.6 Å². The van der Waals surface area contributed by atoms with E-state index in [2.05, 4.69) is 32.5 Å². The lowest BCUT2D eigenvalue weighted by Gasteiger charge is -2.07. The normalized spacial score (nSPS) is 11.0. The molecule has 3 rings (SSSR count). The summed E-state index contributed by atoms with van der Waals surface area (Å²) in [5, 5.41) is 11.4. The topological polar surface area (TPSA) is 68.5 Å². The van der Waals surface area contributed by atoms with E-state index >= 15 is 0 Å². The molecule has 1 N–H and O–H groups in total. The molecule has 2 aromatic heterocycles. The standard InChI is InChI=1S/C13H14N6/c1-2-14-8-11-9-17-18-19(11)10-3-4-12-13(7-10)16-6-5-15-12/h3-7,9,14H,2,8H2,1H3. The maximum atomic E-state index is 4.30. The predicted octanol–water partition coefficient (Wildman–Crippen LogP) is 1.32. The molecule has 3 aromatic rings. The first kappa shape index (κ1) is 11.7. The van der Waals surface area contributed by atoms with Gasteiger partial charge in [0.2, 0.25) is 0 Å². The zero-order valence-electron chi connectivity index (χ0n) is 10.6. The summed E-state index contributed by atoms with van der Waals surface area (Å²) in [6, 6.07) is 5.88. The molecule has 0 amide bonds. The van der Waals surface area contributed by atoms with Crippen molar-refractivity contribution in [2.45, 2.75) is 13.5 Å². The smallest absolute Gasteiger partial charge is 0.0908 e. The fourth-order valence-electron chi connectivity index (χ4n) is 1.93. The zero-order valence-corrected chi connectivity index (χ0v) is 10.6. The van der Waals surface area contributed by atoms with Crippen LogP contribution in [0.15, 0.2) is 36.8 Å². The zero-order chi connectivity index (χ0) is 13.1. The number of nitrogens with zero attached hydrogens (tertiary/aromatic N) is 5. The molecule has 0 aliphatic carbocycles. The molecule has 6 heteroatoms. The molecule has 0 radical (unpaired) electrons. The van der Waals surface area contributed by atoms with Crippen LogP contribution in [0.5, 0.6) is 0 Å². The third-order valence-electron chi connectivity index (χ3n) is 2.87. The number of hydrogen-bond donors (Lipinski definition) is 1. The van der Waals surface area contributed by atoms with E-state index in [0.717, 1.165) is 35.5 Å². The summed E-state index contributed by atoms with van der Waals surface area (Å²) in [7, 11) is 0.